The molecule has 0 saturated carbocycles. The highest BCUT2D eigenvalue weighted by atomic mass is 32.1. The fraction of sp³-hybridized carbons (Fsp3) is 0.643. The summed E-state index contributed by atoms with van der Waals surface area (Å²) in [5.74, 6) is -0.0153. The van der Waals surface area contributed by atoms with Crippen LogP contribution in [0.25, 0.3) is 0 Å². The van der Waals surface area contributed by atoms with Gasteiger partial charge in [-0.15, -0.1) is 11.3 Å². The van der Waals surface area contributed by atoms with Crippen molar-refractivity contribution in [2.24, 2.45) is 0 Å². The van der Waals surface area contributed by atoms with Crippen LogP contribution in [0.15, 0.2) is 5.38 Å². The summed E-state index contributed by atoms with van der Waals surface area (Å²) in [5, 5.41) is 4.86. The second-order valence-electron chi connectivity index (χ2n) is 4.72. The summed E-state index contributed by atoms with van der Waals surface area (Å²) < 4.78 is 10.1. The lowest BCUT2D eigenvalue weighted by Gasteiger charge is -2.14. The van der Waals surface area contributed by atoms with E-state index < -0.39 is 0 Å². The number of aryl methyl sites for hydroxylation is 1. The van der Waals surface area contributed by atoms with Gasteiger partial charge in [0, 0.05) is 24.5 Å². The van der Waals surface area contributed by atoms with Gasteiger partial charge in [0.25, 0.3) is 5.91 Å². The van der Waals surface area contributed by atoms with Crippen LogP contribution in [0.3, 0.4) is 0 Å². The number of hydrogen-bond acceptors (Lipinski definition) is 4. The molecule has 106 valence electrons. The Bertz CT molecular complexity index is 426. The van der Waals surface area contributed by atoms with E-state index in [1.165, 1.54) is 29.7 Å². The maximum absolute atomic E-state index is 12.2. The minimum absolute atomic E-state index is 0.0153. The topological polar surface area (TPSA) is 47.6 Å². The van der Waals surface area contributed by atoms with E-state index >= 15 is 0 Å². The van der Waals surface area contributed by atoms with Crippen LogP contribution in [0.1, 0.15) is 40.1 Å². The van der Waals surface area contributed by atoms with E-state index in [9.17, 15) is 4.79 Å². The van der Waals surface area contributed by atoms with Crippen LogP contribution in [0.4, 0.5) is 0 Å². The number of carbonyl (C=O) groups excluding carboxylic acids is 1. The van der Waals surface area contributed by atoms with Crippen LogP contribution in [0.5, 0.6) is 0 Å². The minimum atomic E-state index is -0.388. The molecule has 1 heterocycles. The zero-order chi connectivity index (χ0) is 13.7. The summed E-state index contributed by atoms with van der Waals surface area (Å²) in [6, 6.07) is 0. The SMILES string of the molecule is COC(CNC(=O)c1csc2c1CCCCC2)OC. The molecular formula is C14H21NO3S. The van der Waals surface area contributed by atoms with Gasteiger partial charge in [-0.2, -0.15) is 0 Å². The number of amides is 1. The number of carbonyl (C=O) groups is 1. The van der Waals surface area contributed by atoms with Crippen molar-refractivity contribution in [2.45, 2.75) is 38.4 Å². The molecule has 0 radical (unpaired) electrons. The lowest BCUT2D eigenvalue weighted by molar-refractivity contribution is -0.0974. The number of rotatable bonds is 5. The number of nitrogens with one attached hydrogen (secondary N) is 1. The van der Waals surface area contributed by atoms with E-state index in [4.69, 9.17) is 9.47 Å². The highest BCUT2D eigenvalue weighted by Crippen LogP contribution is 2.29. The van der Waals surface area contributed by atoms with Crippen LogP contribution in [-0.2, 0) is 22.3 Å². The second kappa shape index (κ2) is 7.03. The zero-order valence-electron chi connectivity index (χ0n) is 11.5. The molecule has 2 rings (SSSR count). The Kier molecular flexibility index (Phi) is 5.36. The lowest BCUT2D eigenvalue weighted by atomic mass is 10.1. The summed E-state index contributed by atoms with van der Waals surface area (Å²) >= 11 is 1.72. The highest BCUT2D eigenvalue weighted by molar-refractivity contribution is 7.10. The minimum Gasteiger partial charge on any atom is -0.354 e. The Balaban J connectivity index is 2.01. The Morgan fingerprint density at radius 3 is 2.79 bits per heavy atom. The van der Waals surface area contributed by atoms with E-state index in [0.29, 0.717) is 6.54 Å². The maximum atomic E-state index is 12.2. The van der Waals surface area contributed by atoms with Gasteiger partial charge < -0.3 is 14.8 Å². The van der Waals surface area contributed by atoms with Gasteiger partial charge in [0.2, 0.25) is 0 Å². The smallest absolute Gasteiger partial charge is 0.252 e. The average Bonchev–Trinajstić information content (AvgIpc) is 2.69. The predicted octanol–water partition coefficient (Wildman–Crippen LogP) is 2.37. The quantitative estimate of drug-likeness (QED) is 0.666. The fourth-order valence-electron chi connectivity index (χ4n) is 2.40. The molecular weight excluding hydrogens is 262 g/mol. The van der Waals surface area contributed by atoms with E-state index in [1.807, 2.05) is 5.38 Å². The van der Waals surface area contributed by atoms with Gasteiger partial charge in [-0.1, -0.05) is 6.42 Å². The van der Waals surface area contributed by atoms with Crippen molar-refractivity contribution < 1.29 is 14.3 Å². The van der Waals surface area contributed by atoms with E-state index in [1.54, 1.807) is 25.6 Å². The van der Waals surface area contributed by atoms with Gasteiger partial charge in [-0.25, -0.2) is 0 Å². The van der Waals surface area contributed by atoms with E-state index in [2.05, 4.69) is 5.32 Å². The Labute approximate surface area is 118 Å². The predicted molar refractivity (Wildman–Crippen MR) is 75.7 cm³/mol. The normalized spacial score (nSPS) is 15.1. The Morgan fingerprint density at radius 2 is 2.05 bits per heavy atom. The molecule has 1 aliphatic rings. The molecule has 4 nitrogen and oxygen atoms in total. The van der Waals surface area contributed by atoms with Crippen LogP contribution in [0, 0.1) is 0 Å². The molecule has 1 N–H and O–H groups in total. The molecule has 0 aliphatic heterocycles. The first-order valence-corrected chi connectivity index (χ1v) is 7.57. The fourth-order valence-corrected chi connectivity index (χ4v) is 3.52. The number of ether oxygens (including phenoxy) is 2. The first-order chi connectivity index (χ1) is 9.26. The summed E-state index contributed by atoms with van der Waals surface area (Å²) in [5.41, 5.74) is 2.10. The van der Waals surface area contributed by atoms with Gasteiger partial charge in [0.15, 0.2) is 6.29 Å². The summed E-state index contributed by atoms with van der Waals surface area (Å²) in [7, 11) is 3.13. The molecule has 1 amide bonds. The number of thiophene rings is 1. The van der Waals surface area contributed by atoms with Crippen molar-refractivity contribution >= 4 is 17.2 Å². The van der Waals surface area contributed by atoms with Gasteiger partial charge in [-0.05, 0) is 31.2 Å². The third-order valence-electron chi connectivity index (χ3n) is 3.51. The standard InChI is InChI=1S/C14H21NO3S/c1-17-13(18-2)8-15-14(16)11-9-19-12-7-5-3-4-6-10(11)12/h9,13H,3-8H2,1-2H3,(H,15,16). The van der Waals surface area contributed by atoms with Crippen LogP contribution >= 0.6 is 11.3 Å². The zero-order valence-corrected chi connectivity index (χ0v) is 12.3. The third-order valence-corrected chi connectivity index (χ3v) is 4.60. The van der Waals surface area contributed by atoms with Crippen molar-refractivity contribution in [3.05, 3.63) is 21.4 Å². The highest BCUT2D eigenvalue weighted by Gasteiger charge is 2.19. The second-order valence-corrected chi connectivity index (χ2v) is 5.69. The molecule has 0 fully saturated rings. The molecule has 1 aliphatic carbocycles. The largest absolute Gasteiger partial charge is 0.354 e. The molecule has 0 saturated heterocycles. The summed E-state index contributed by atoms with van der Waals surface area (Å²) in [6.07, 6.45) is 5.44. The molecule has 0 spiro atoms. The molecule has 0 bridgehead atoms. The third kappa shape index (κ3) is 3.55. The van der Waals surface area contributed by atoms with Crippen molar-refractivity contribution in [1.29, 1.82) is 0 Å². The molecule has 1 aromatic rings. The van der Waals surface area contributed by atoms with Crippen LogP contribution < -0.4 is 5.32 Å². The summed E-state index contributed by atoms with van der Waals surface area (Å²) in [4.78, 5) is 13.6. The number of methoxy groups -OCH3 is 2. The van der Waals surface area contributed by atoms with Crippen molar-refractivity contribution in [3.8, 4) is 0 Å². The van der Waals surface area contributed by atoms with Gasteiger partial charge in [-0.3, -0.25) is 4.79 Å². The lowest BCUT2D eigenvalue weighted by Crippen LogP contribution is -2.34. The van der Waals surface area contributed by atoms with Crippen LogP contribution in [0.2, 0.25) is 0 Å². The molecule has 0 atom stereocenters. The first-order valence-electron chi connectivity index (χ1n) is 6.69. The van der Waals surface area contributed by atoms with E-state index in [0.717, 1.165) is 18.4 Å². The first kappa shape index (κ1) is 14.5. The van der Waals surface area contributed by atoms with Crippen molar-refractivity contribution in [1.82, 2.24) is 5.32 Å². The van der Waals surface area contributed by atoms with E-state index in [-0.39, 0.29) is 12.2 Å². The average molecular weight is 283 g/mol. The van der Waals surface area contributed by atoms with Gasteiger partial charge in [0.1, 0.15) is 0 Å². The molecule has 19 heavy (non-hydrogen) atoms. The summed E-state index contributed by atoms with van der Waals surface area (Å²) in [6.45, 7) is 0.371. The van der Waals surface area contributed by atoms with Gasteiger partial charge >= 0.3 is 0 Å². The molecule has 5 heteroatoms. The maximum Gasteiger partial charge on any atom is 0.252 e. The van der Waals surface area contributed by atoms with Crippen molar-refractivity contribution in [3.63, 3.8) is 0 Å². The molecule has 0 unspecified atom stereocenters. The number of fused-ring (bicyclic) bond motifs is 1. The number of hydrogen-bond donors (Lipinski definition) is 1. The monoisotopic (exact) mass is 283 g/mol. The molecule has 1 aromatic heterocycles. The van der Waals surface area contributed by atoms with Crippen molar-refractivity contribution in [2.75, 3.05) is 20.8 Å². The Morgan fingerprint density at radius 1 is 1.32 bits per heavy atom. The Hall–Kier alpha value is -0.910. The van der Waals surface area contributed by atoms with Gasteiger partial charge in [0.05, 0.1) is 12.1 Å². The van der Waals surface area contributed by atoms with Crippen LogP contribution in [-0.4, -0.2) is 33.0 Å². The molecule has 0 aromatic carbocycles.